The van der Waals surface area contributed by atoms with Crippen LogP contribution in [-0.2, 0) is 11.3 Å². The molecule has 24 heavy (non-hydrogen) atoms. The number of aromatic nitrogens is 3. The fourth-order valence-electron chi connectivity index (χ4n) is 2.26. The summed E-state index contributed by atoms with van der Waals surface area (Å²) < 4.78 is 1.92. The number of pyridine rings is 1. The highest BCUT2D eigenvalue weighted by molar-refractivity contribution is 5.85. The number of nitrogens with one attached hydrogen (secondary N) is 2. The molecule has 0 saturated heterocycles. The van der Waals surface area contributed by atoms with E-state index in [9.17, 15) is 4.79 Å². The molecule has 132 valence electrons. The number of carbonyl (C=O) groups excluding carboxylic acids is 1. The Hall–Kier alpha value is -1.63. The molecule has 0 unspecified atom stereocenters. The summed E-state index contributed by atoms with van der Waals surface area (Å²) in [4.78, 5) is 20.3. The van der Waals surface area contributed by atoms with Crippen molar-refractivity contribution in [2.24, 2.45) is 5.92 Å². The molecule has 0 spiro atoms. The van der Waals surface area contributed by atoms with E-state index >= 15 is 0 Å². The minimum atomic E-state index is 0. The highest BCUT2D eigenvalue weighted by atomic mass is 35.5. The first-order valence-electron chi connectivity index (χ1n) is 7.65. The van der Waals surface area contributed by atoms with Gasteiger partial charge in [0.25, 0.3) is 0 Å². The lowest BCUT2D eigenvalue weighted by Crippen LogP contribution is -2.34. The van der Waals surface area contributed by atoms with E-state index in [0.29, 0.717) is 13.1 Å². The van der Waals surface area contributed by atoms with Crippen LogP contribution < -0.4 is 10.6 Å². The molecule has 1 aliphatic carbocycles. The maximum Gasteiger partial charge on any atom is 0.234 e. The minimum absolute atomic E-state index is 0. The van der Waals surface area contributed by atoms with Gasteiger partial charge in [-0.3, -0.25) is 9.36 Å². The number of nitrogens with zero attached hydrogens (tertiary/aromatic N) is 3. The number of carbonyl (C=O) groups is 1. The number of rotatable bonds is 7. The molecule has 2 aromatic heterocycles. The Morgan fingerprint density at radius 3 is 2.67 bits per heavy atom. The predicted molar refractivity (Wildman–Crippen MR) is 98.0 cm³/mol. The van der Waals surface area contributed by atoms with Crippen LogP contribution in [0, 0.1) is 12.8 Å². The van der Waals surface area contributed by atoms with Crippen LogP contribution in [0.3, 0.4) is 0 Å². The quantitative estimate of drug-likeness (QED) is 0.780. The smallest absolute Gasteiger partial charge is 0.234 e. The van der Waals surface area contributed by atoms with Crippen molar-refractivity contribution >= 4 is 30.7 Å². The summed E-state index contributed by atoms with van der Waals surface area (Å²) >= 11 is 0. The highest BCUT2D eigenvalue weighted by Gasteiger charge is 2.20. The monoisotopic (exact) mass is 371 g/mol. The van der Waals surface area contributed by atoms with Gasteiger partial charge >= 0.3 is 0 Å². The molecule has 2 N–H and O–H groups in total. The first-order valence-corrected chi connectivity index (χ1v) is 7.65. The zero-order valence-electron chi connectivity index (χ0n) is 13.6. The number of amides is 1. The van der Waals surface area contributed by atoms with Gasteiger partial charge in [-0.1, -0.05) is 6.07 Å². The summed E-state index contributed by atoms with van der Waals surface area (Å²) in [5.41, 5.74) is 0.983. The Labute approximate surface area is 154 Å². The van der Waals surface area contributed by atoms with Crippen molar-refractivity contribution in [3.05, 3.63) is 42.1 Å². The molecule has 0 aliphatic heterocycles. The molecule has 2 aromatic rings. The topological polar surface area (TPSA) is 71.8 Å². The Kier molecular flexibility index (Phi) is 8.18. The van der Waals surface area contributed by atoms with Crippen LogP contribution >= 0.6 is 24.8 Å². The summed E-state index contributed by atoms with van der Waals surface area (Å²) in [6, 6.07) is 3.90. The van der Waals surface area contributed by atoms with E-state index in [0.717, 1.165) is 29.7 Å². The summed E-state index contributed by atoms with van der Waals surface area (Å²) in [5.74, 6) is 2.54. The molecule has 1 saturated carbocycles. The molecule has 1 amide bonds. The zero-order valence-corrected chi connectivity index (χ0v) is 15.2. The first-order chi connectivity index (χ1) is 10.7. The van der Waals surface area contributed by atoms with Gasteiger partial charge in [-0.05, 0) is 43.9 Å². The second-order valence-corrected chi connectivity index (χ2v) is 5.72. The van der Waals surface area contributed by atoms with Crippen LogP contribution in [-0.4, -0.2) is 33.5 Å². The number of aryl methyl sites for hydroxylation is 1. The maximum atomic E-state index is 11.7. The summed E-state index contributed by atoms with van der Waals surface area (Å²) in [6.07, 6.45) is 8.00. The van der Waals surface area contributed by atoms with Crippen LogP contribution in [0.1, 0.15) is 24.2 Å². The van der Waals surface area contributed by atoms with Gasteiger partial charge in [0.1, 0.15) is 11.6 Å². The summed E-state index contributed by atoms with van der Waals surface area (Å²) in [7, 11) is 0. The van der Waals surface area contributed by atoms with Gasteiger partial charge in [0.15, 0.2) is 0 Å². The Bertz CT molecular complexity index is 640. The number of hydrogen-bond donors (Lipinski definition) is 2. The third kappa shape index (κ3) is 5.78. The fraction of sp³-hybridized carbons (Fsp3) is 0.438. The van der Waals surface area contributed by atoms with Crippen LogP contribution in [0.5, 0.6) is 0 Å². The fourth-order valence-corrected chi connectivity index (χ4v) is 2.26. The Morgan fingerprint density at radius 1 is 1.29 bits per heavy atom. The minimum Gasteiger partial charge on any atom is -0.351 e. The van der Waals surface area contributed by atoms with Crippen molar-refractivity contribution in [1.29, 1.82) is 0 Å². The average Bonchev–Trinajstić information content (AvgIpc) is 3.25. The largest absolute Gasteiger partial charge is 0.351 e. The van der Waals surface area contributed by atoms with Crippen molar-refractivity contribution in [2.75, 3.05) is 13.1 Å². The lowest BCUT2D eigenvalue weighted by Gasteiger charge is -2.08. The van der Waals surface area contributed by atoms with Crippen molar-refractivity contribution in [3.8, 4) is 5.82 Å². The normalized spacial score (nSPS) is 12.9. The van der Waals surface area contributed by atoms with Crippen LogP contribution in [0.15, 0.2) is 30.7 Å². The number of halogens is 2. The molecule has 1 fully saturated rings. The van der Waals surface area contributed by atoms with E-state index in [4.69, 9.17) is 0 Å². The molecular formula is C16H23Cl2N5O. The zero-order chi connectivity index (χ0) is 15.4. The second kappa shape index (κ2) is 9.61. The molecule has 0 bridgehead atoms. The van der Waals surface area contributed by atoms with E-state index in [1.807, 2.05) is 29.8 Å². The van der Waals surface area contributed by atoms with Crippen molar-refractivity contribution < 1.29 is 4.79 Å². The molecule has 0 aromatic carbocycles. The second-order valence-electron chi connectivity index (χ2n) is 5.72. The van der Waals surface area contributed by atoms with Gasteiger partial charge in [-0.25, -0.2) is 9.97 Å². The number of imidazole rings is 1. The lowest BCUT2D eigenvalue weighted by atomic mass is 10.3. The van der Waals surface area contributed by atoms with Gasteiger partial charge in [-0.2, -0.15) is 0 Å². The van der Waals surface area contributed by atoms with E-state index in [2.05, 4.69) is 20.6 Å². The molecule has 2 heterocycles. The SMILES string of the molecule is Cc1nccn1-c1ccc(CNC(=O)CNCC2CC2)cn1.Cl.Cl. The lowest BCUT2D eigenvalue weighted by molar-refractivity contribution is -0.120. The van der Waals surface area contributed by atoms with Crippen molar-refractivity contribution in [2.45, 2.75) is 26.3 Å². The van der Waals surface area contributed by atoms with Gasteiger partial charge in [-0.15, -0.1) is 24.8 Å². The van der Waals surface area contributed by atoms with E-state index in [1.165, 1.54) is 12.8 Å². The molecule has 6 nitrogen and oxygen atoms in total. The van der Waals surface area contributed by atoms with Gasteiger partial charge < -0.3 is 10.6 Å². The highest BCUT2D eigenvalue weighted by Crippen LogP contribution is 2.27. The summed E-state index contributed by atoms with van der Waals surface area (Å²) in [6.45, 7) is 3.77. The van der Waals surface area contributed by atoms with Crippen LogP contribution in [0.4, 0.5) is 0 Å². The molecule has 0 radical (unpaired) electrons. The molecule has 3 rings (SSSR count). The Morgan fingerprint density at radius 2 is 2.08 bits per heavy atom. The van der Waals surface area contributed by atoms with E-state index in [1.54, 1.807) is 12.4 Å². The van der Waals surface area contributed by atoms with E-state index in [-0.39, 0.29) is 30.7 Å². The first kappa shape index (κ1) is 20.4. The predicted octanol–water partition coefficient (Wildman–Crippen LogP) is 2.04. The van der Waals surface area contributed by atoms with Crippen molar-refractivity contribution in [3.63, 3.8) is 0 Å². The van der Waals surface area contributed by atoms with E-state index < -0.39 is 0 Å². The average molecular weight is 372 g/mol. The maximum absolute atomic E-state index is 11.7. The standard InChI is InChI=1S/C16H21N5O.2ClH/c1-12-18-6-7-21(12)15-5-4-14(9-19-15)10-20-16(22)11-17-8-13-2-3-13;;/h4-7,9,13,17H,2-3,8,10-11H2,1H3,(H,20,22);2*1H. The number of hydrogen-bond acceptors (Lipinski definition) is 4. The van der Waals surface area contributed by atoms with Gasteiger partial charge in [0.05, 0.1) is 6.54 Å². The molecular weight excluding hydrogens is 349 g/mol. The molecule has 0 atom stereocenters. The third-order valence-electron chi connectivity index (χ3n) is 3.79. The van der Waals surface area contributed by atoms with Crippen LogP contribution in [0.25, 0.3) is 5.82 Å². The Balaban J connectivity index is 0.00000144. The summed E-state index contributed by atoms with van der Waals surface area (Å²) in [5, 5.41) is 6.08. The van der Waals surface area contributed by atoms with Crippen LogP contribution in [0.2, 0.25) is 0 Å². The van der Waals surface area contributed by atoms with Gasteiger partial charge in [0, 0.05) is 25.1 Å². The van der Waals surface area contributed by atoms with Gasteiger partial charge in [0.2, 0.25) is 5.91 Å². The molecule has 8 heteroatoms. The third-order valence-corrected chi connectivity index (χ3v) is 3.79. The van der Waals surface area contributed by atoms with Crippen molar-refractivity contribution in [1.82, 2.24) is 25.2 Å². The molecule has 1 aliphatic rings.